The van der Waals surface area contributed by atoms with Gasteiger partial charge in [0, 0.05) is 19.0 Å². The molecule has 106 valence electrons. The standard InChI is InChI=1S/C17H23N3/c1-2-20-16-6-4-12(10-18)9-15(16)19-17(20)14-8-11-3-5-13(14)7-11/h4,6,9,11,13-14H,2-3,5,7-8,10,18H2,1H3. The Kier molecular flexibility index (Phi) is 2.84. The average Bonchev–Trinajstić information content (AvgIpc) is 3.18. The zero-order valence-electron chi connectivity index (χ0n) is 12.2. The highest BCUT2D eigenvalue weighted by Gasteiger charge is 2.42. The number of aryl methyl sites for hydroxylation is 1. The van der Waals surface area contributed by atoms with E-state index in [0.29, 0.717) is 12.5 Å². The summed E-state index contributed by atoms with van der Waals surface area (Å²) in [6.45, 7) is 3.84. The van der Waals surface area contributed by atoms with E-state index in [1.54, 1.807) is 0 Å². The van der Waals surface area contributed by atoms with Crippen molar-refractivity contribution in [1.82, 2.24) is 9.55 Å². The van der Waals surface area contributed by atoms with Crippen LogP contribution in [0.3, 0.4) is 0 Å². The van der Waals surface area contributed by atoms with Crippen molar-refractivity contribution >= 4 is 11.0 Å². The Hall–Kier alpha value is -1.35. The molecule has 3 nitrogen and oxygen atoms in total. The molecule has 2 N–H and O–H groups in total. The molecule has 3 heteroatoms. The van der Waals surface area contributed by atoms with Gasteiger partial charge in [0.1, 0.15) is 5.82 Å². The van der Waals surface area contributed by atoms with E-state index in [2.05, 4.69) is 29.7 Å². The second-order valence-corrected chi connectivity index (χ2v) is 6.52. The lowest BCUT2D eigenvalue weighted by Gasteiger charge is -2.21. The van der Waals surface area contributed by atoms with Crippen molar-refractivity contribution < 1.29 is 0 Å². The van der Waals surface area contributed by atoms with E-state index in [-0.39, 0.29) is 0 Å². The van der Waals surface area contributed by atoms with Gasteiger partial charge in [-0.15, -0.1) is 0 Å². The highest BCUT2D eigenvalue weighted by Crippen LogP contribution is 2.52. The molecule has 20 heavy (non-hydrogen) atoms. The first-order valence-electron chi connectivity index (χ1n) is 7.99. The quantitative estimate of drug-likeness (QED) is 0.928. The second-order valence-electron chi connectivity index (χ2n) is 6.52. The summed E-state index contributed by atoms with van der Waals surface area (Å²) in [6, 6.07) is 6.50. The van der Waals surface area contributed by atoms with Crippen molar-refractivity contribution in [1.29, 1.82) is 0 Å². The summed E-state index contributed by atoms with van der Waals surface area (Å²) in [5, 5.41) is 0. The molecule has 1 heterocycles. The number of hydrogen-bond donors (Lipinski definition) is 1. The monoisotopic (exact) mass is 269 g/mol. The normalized spacial score (nSPS) is 28.6. The predicted octanol–water partition coefficient (Wildman–Crippen LogP) is 3.42. The van der Waals surface area contributed by atoms with Gasteiger partial charge in [0.2, 0.25) is 0 Å². The molecular weight excluding hydrogens is 246 g/mol. The van der Waals surface area contributed by atoms with Crippen LogP contribution in [0.4, 0.5) is 0 Å². The maximum absolute atomic E-state index is 5.76. The van der Waals surface area contributed by atoms with Gasteiger partial charge < -0.3 is 10.3 Å². The molecule has 2 aliphatic rings. The molecule has 2 aromatic rings. The van der Waals surface area contributed by atoms with E-state index < -0.39 is 0 Å². The Morgan fingerprint density at radius 1 is 1.30 bits per heavy atom. The van der Waals surface area contributed by atoms with Crippen LogP contribution < -0.4 is 5.73 Å². The van der Waals surface area contributed by atoms with Crippen LogP contribution in [0.2, 0.25) is 0 Å². The van der Waals surface area contributed by atoms with Gasteiger partial charge in [-0.25, -0.2) is 4.98 Å². The summed E-state index contributed by atoms with van der Waals surface area (Å²) in [5.41, 5.74) is 9.35. The number of benzene rings is 1. The molecule has 3 atom stereocenters. The van der Waals surface area contributed by atoms with Gasteiger partial charge in [-0.05, 0) is 55.7 Å². The number of aromatic nitrogens is 2. The molecule has 0 saturated heterocycles. The number of nitrogens with two attached hydrogens (primary N) is 1. The second kappa shape index (κ2) is 4.59. The van der Waals surface area contributed by atoms with Crippen molar-refractivity contribution in [3.8, 4) is 0 Å². The van der Waals surface area contributed by atoms with Gasteiger partial charge in [0.25, 0.3) is 0 Å². The Labute approximate surface area is 120 Å². The third kappa shape index (κ3) is 1.72. The third-order valence-electron chi connectivity index (χ3n) is 5.46. The first kappa shape index (κ1) is 12.4. The van der Waals surface area contributed by atoms with Crippen LogP contribution in [0.5, 0.6) is 0 Å². The molecule has 2 aliphatic carbocycles. The van der Waals surface area contributed by atoms with Crippen molar-refractivity contribution in [3.63, 3.8) is 0 Å². The number of fused-ring (bicyclic) bond motifs is 3. The highest BCUT2D eigenvalue weighted by molar-refractivity contribution is 5.77. The molecule has 2 fully saturated rings. The first-order valence-corrected chi connectivity index (χ1v) is 7.99. The lowest BCUT2D eigenvalue weighted by Crippen LogP contribution is -2.14. The minimum atomic E-state index is 0.596. The number of nitrogens with zero attached hydrogens (tertiary/aromatic N) is 2. The number of imidazole rings is 1. The van der Waals surface area contributed by atoms with Crippen molar-refractivity contribution in [2.45, 2.75) is 51.6 Å². The first-order chi connectivity index (χ1) is 9.80. The van der Waals surface area contributed by atoms with Gasteiger partial charge >= 0.3 is 0 Å². The molecule has 1 aromatic heterocycles. The molecule has 2 bridgehead atoms. The van der Waals surface area contributed by atoms with Gasteiger partial charge in [-0.3, -0.25) is 0 Å². The smallest absolute Gasteiger partial charge is 0.113 e. The summed E-state index contributed by atoms with van der Waals surface area (Å²) < 4.78 is 2.43. The van der Waals surface area contributed by atoms with E-state index >= 15 is 0 Å². The molecule has 3 unspecified atom stereocenters. The highest BCUT2D eigenvalue weighted by atomic mass is 15.1. The molecule has 2 saturated carbocycles. The third-order valence-corrected chi connectivity index (χ3v) is 5.46. The predicted molar refractivity (Wildman–Crippen MR) is 81.5 cm³/mol. The molecule has 0 amide bonds. The minimum Gasteiger partial charge on any atom is -0.328 e. The van der Waals surface area contributed by atoms with Gasteiger partial charge in [0.15, 0.2) is 0 Å². The molecule has 0 aliphatic heterocycles. The largest absolute Gasteiger partial charge is 0.328 e. The maximum atomic E-state index is 5.76. The summed E-state index contributed by atoms with van der Waals surface area (Å²) >= 11 is 0. The minimum absolute atomic E-state index is 0.596. The molecule has 0 radical (unpaired) electrons. The fourth-order valence-electron chi connectivity index (χ4n) is 4.50. The summed E-state index contributed by atoms with van der Waals surface area (Å²) in [5.74, 6) is 3.89. The Bertz CT molecular complexity index is 643. The van der Waals surface area contributed by atoms with E-state index in [9.17, 15) is 0 Å². The Morgan fingerprint density at radius 3 is 2.85 bits per heavy atom. The van der Waals surface area contributed by atoms with Crippen LogP contribution in [0.1, 0.15) is 49.9 Å². The van der Waals surface area contributed by atoms with E-state index in [1.165, 1.54) is 42.6 Å². The SMILES string of the molecule is CCn1c(C2CC3CCC2C3)nc2cc(CN)ccc21. The molecule has 4 rings (SSSR count). The molecular formula is C17H23N3. The maximum Gasteiger partial charge on any atom is 0.113 e. The van der Waals surface area contributed by atoms with Gasteiger partial charge in [-0.2, -0.15) is 0 Å². The van der Waals surface area contributed by atoms with E-state index in [1.807, 2.05) is 0 Å². The van der Waals surface area contributed by atoms with Crippen molar-refractivity contribution in [2.24, 2.45) is 17.6 Å². The van der Waals surface area contributed by atoms with Crippen LogP contribution in [-0.4, -0.2) is 9.55 Å². The molecule has 0 spiro atoms. The van der Waals surface area contributed by atoms with Crippen LogP contribution in [0.15, 0.2) is 18.2 Å². The van der Waals surface area contributed by atoms with E-state index in [4.69, 9.17) is 10.7 Å². The summed E-state index contributed by atoms with van der Waals surface area (Å²) in [6.07, 6.45) is 5.66. The zero-order valence-corrected chi connectivity index (χ0v) is 12.2. The van der Waals surface area contributed by atoms with Gasteiger partial charge in [-0.1, -0.05) is 12.5 Å². The summed E-state index contributed by atoms with van der Waals surface area (Å²) in [7, 11) is 0. The lowest BCUT2D eigenvalue weighted by atomic mass is 9.88. The zero-order chi connectivity index (χ0) is 13.7. The Balaban J connectivity index is 1.82. The number of rotatable bonds is 3. The fraction of sp³-hybridized carbons (Fsp3) is 0.588. The lowest BCUT2D eigenvalue weighted by molar-refractivity contribution is 0.396. The fourth-order valence-corrected chi connectivity index (χ4v) is 4.50. The van der Waals surface area contributed by atoms with Crippen molar-refractivity contribution in [2.75, 3.05) is 0 Å². The van der Waals surface area contributed by atoms with Crippen LogP contribution in [-0.2, 0) is 13.1 Å². The van der Waals surface area contributed by atoms with E-state index in [0.717, 1.165) is 23.9 Å². The number of hydrogen-bond acceptors (Lipinski definition) is 2. The molecule has 1 aromatic carbocycles. The average molecular weight is 269 g/mol. The van der Waals surface area contributed by atoms with Gasteiger partial charge in [0.05, 0.1) is 11.0 Å². The summed E-state index contributed by atoms with van der Waals surface area (Å²) in [4.78, 5) is 5.00. The van der Waals surface area contributed by atoms with Crippen LogP contribution in [0.25, 0.3) is 11.0 Å². The van der Waals surface area contributed by atoms with Crippen LogP contribution >= 0.6 is 0 Å². The topological polar surface area (TPSA) is 43.8 Å². The van der Waals surface area contributed by atoms with Crippen molar-refractivity contribution in [3.05, 3.63) is 29.6 Å². The Morgan fingerprint density at radius 2 is 2.20 bits per heavy atom. The van der Waals surface area contributed by atoms with Crippen LogP contribution in [0, 0.1) is 11.8 Å².